The first-order valence-electron chi connectivity index (χ1n) is 9.95. The molecule has 0 aliphatic carbocycles. The van der Waals surface area contributed by atoms with Crippen LogP contribution in [0.2, 0.25) is 0 Å². The van der Waals surface area contributed by atoms with Crippen LogP contribution in [0.3, 0.4) is 0 Å². The molecule has 30 heavy (non-hydrogen) atoms. The number of ketones is 1. The van der Waals surface area contributed by atoms with Crippen molar-refractivity contribution in [2.24, 2.45) is 0 Å². The number of unbranched alkanes of at least 4 members (excludes halogenated alkanes) is 2. The predicted octanol–water partition coefficient (Wildman–Crippen LogP) is 3.71. The molecule has 1 amide bonds. The summed E-state index contributed by atoms with van der Waals surface area (Å²) < 4.78 is 10.6. The Hall–Kier alpha value is -3.35. The van der Waals surface area contributed by atoms with Gasteiger partial charge in [0.25, 0.3) is 11.7 Å². The number of amides is 1. The summed E-state index contributed by atoms with van der Waals surface area (Å²) in [4.78, 5) is 31.7. The van der Waals surface area contributed by atoms with Crippen LogP contribution in [0.15, 0.2) is 48.2 Å². The molecule has 1 unspecified atom stereocenters. The van der Waals surface area contributed by atoms with Gasteiger partial charge in [-0.25, -0.2) is 0 Å². The molecular weight excluding hydrogens is 384 g/mol. The number of carbonyl (C=O) groups is 2. The summed E-state index contributed by atoms with van der Waals surface area (Å²) in [6.07, 6.45) is 4.28. The minimum Gasteiger partial charge on any atom is -0.507 e. The number of ether oxygens (including phenoxy) is 2. The normalized spacial score (nSPS) is 18.0. The number of aromatic nitrogens is 1. The van der Waals surface area contributed by atoms with Crippen molar-refractivity contribution in [1.82, 2.24) is 9.88 Å². The zero-order valence-corrected chi connectivity index (χ0v) is 17.4. The molecule has 1 aliphatic rings. The van der Waals surface area contributed by atoms with Crippen LogP contribution in [0.1, 0.15) is 43.5 Å². The smallest absolute Gasteiger partial charge is 0.295 e. The van der Waals surface area contributed by atoms with Gasteiger partial charge in [0, 0.05) is 12.7 Å². The number of hydrogen-bond acceptors (Lipinski definition) is 6. The molecule has 2 heterocycles. The van der Waals surface area contributed by atoms with Crippen molar-refractivity contribution in [3.8, 4) is 11.5 Å². The molecule has 0 saturated carbocycles. The molecule has 1 aromatic heterocycles. The number of benzene rings is 1. The Balaban J connectivity index is 2.17. The van der Waals surface area contributed by atoms with E-state index in [4.69, 9.17) is 9.47 Å². The molecular formula is C23H26N2O5. The zero-order valence-electron chi connectivity index (χ0n) is 17.4. The van der Waals surface area contributed by atoms with Gasteiger partial charge in [-0.3, -0.25) is 14.6 Å². The molecule has 7 nitrogen and oxygen atoms in total. The first-order valence-corrected chi connectivity index (χ1v) is 9.95. The fraction of sp³-hybridized carbons (Fsp3) is 0.348. The second-order valence-corrected chi connectivity index (χ2v) is 7.02. The summed E-state index contributed by atoms with van der Waals surface area (Å²) in [6.45, 7) is 2.48. The van der Waals surface area contributed by atoms with Crippen molar-refractivity contribution in [2.75, 3.05) is 20.8 Å². The average molecular weight is 410 g/mol. The van der Waals surface area contributed by atoms with Gasteiger partial charge in [-0.2, -0.15) is 0 Å². The molecule has 1 N–H and O–H groups in total. The summed E-state index contributed by atoms with van der Waals surface area (Å²) >= 11 is 0. The molecule has 1 fully saturated rings. The highest BCUT2D eigenvalue weighted by Crippen LogP contribution is 2.41. The van der Waals surface area contributed by atoms with Gasteiger partial charge in [0.05, 0.1) is 31.1 Å². The second-order valence-electron chi connectivity index (χ2n) is 7.02. The number of Topliss-reactive ketones (excluding diaryl/α,β-unsaturated/α-hetero) is 1. The number of methoxy groups -OCH3 is 2. The number of likely N-dealkylation sites (tertiary alicyclic amines) is 1. The molecule has 1 atom stereocenters. The van der Waals surface area contributed by atoms with Gasteiger partial charge < -0.3 is 19.5 Å². The summed E-state index contributed by atoms with van der Waals surface area (Å²) in [5.41, 5.74) is 0.808. The minimum absolute atomic E-state index is 0.00162. The highest BCUT2D eigenvalue weighted by Gasteiger charge is 2.46. The molecule has 0 radical (unpaired) electrons. The summed E-state index contributed by atoms with van der Waals surface area (Å²) in [7, 11) is 2.98. The van der Waals surface area contributed by atoms with Crippen molar-refractivity contribution in [3.63, 3.8) is 0 Å². The van der Waals surface area contributed by atoms with Crippen molar-refractivity contribution in [3.05, 3.63) is 59.4 Å². The van der Waals surface area contributed by atoms with E-state index in [0.29, 0.717) is 23.7 Å². The third-order valence-corrected chi connectivity index (χ3v) is 5.17. The second kappa shape index (κ2) is 9.43. The fourth-order valence-electron chi connectivity index (χ4n) is 3.63. The topological polar surface area (TPSA) is 89.0 Å². The standard InChI is InChI=1S/C23H26N2O5/c1-4-5-8-13-25-20(17-9-6-7-12-24-17)19(22(27)23(25)28)21(26)16-14-15(29-2)10-11-18(16)30-3/h6-7,9-12,14,20,26H,4-5,8,13H2,1-3H3/b21-19+. The van der Waals surface area contributed by atoms with Crippen LogP contribution in [-0.4, -0.2) is 47.4 Å². The van der Waals surface area contributed by atoms with Gasteiger partial charge in [-0.15, -0.1) is 0 Å². The molecule has 3 rings (SSSR count). The van der Waals surface area contributed by atoms with Crippen LogP contribution in [0.25, 0.3) is 5.76 Å². The Morgan fingerprint density at radius 1 is 1.13 bits per heavy atom. The Morgan fingerprint density at radius 3 is 2.57 bits per heavy atom. The molecule has 158 valence electrons. The molecule has 2 aromatic rings. The lowest BCUT2D eigenvalue weighted by Gasteiger charge is -2.24. The average Bonchev–Trinajstić information content (AvgIpc) is 3.04. The van der Waals surface area contributed by atoms with E-state index in [-0.39, 0.29) is 16.9 Å². The molecule has 1 aliphatic heterocycles. The van der Waals surface area contributed by atoms with E-state index < -0.39 is 17.7 Å². The maximum atomic E-state index is 13.0. The highest BCUT2D eigenvalue weighted by molar-refractivity contribution is 6.46. The van der Waals surface area contributed by atoms with Gasteiger partial charge >= 0.3 is 0 Å². The quantitative estimate of drug-likeness (QED) is 0.309. The summed E-state index contributed by atoms with van der Waals surface area (Å²) in [5.74, 6) is -0.818. The van der Waals surface area contributed by atoms with Crippen LogP contribution in [0.4, 0.5) is 0 Å². The molecule has 1 saturated heterocycles. The minimum atomic E-state index is -0.765. The van der Waals surface area contributed by atoms with E-state index in [0.717, 1.165) is 19.3 Å². The van der Waals surface area contributed by atoms with E-state index in [1.165, 1.54) is 19.1 Å². The maximum absolute atomic E-state index is 13.0. The van der Waals surface area contributed by atoms with Crippen LogP contribution in [-0.2, 0) is 9.59 Å². The van der Waals surface area contributed by atoms with Crippen molar-refractivity contribution in [2.45, 2.75) is 32.2 Å². The summed E-state index contributed by atoms with van der Waals surface area (Å²) in [5, 5.41) is 11.2. The lowest BCUT2D eigenvalue weighted by atomic mass is 9.97. The van der Waals surface area contributed by atoms with Crippen LogP contribution in [0.5, 0.6) is 11.5 Å². The summed E-state index contributed by atoms with van der Waals surface area (Å²) in [6, 6.07) is 9.45. The van der Waals surface area contributed by atoms with Crippen LogP contribution in [0, 0.1) is 0 Å². The van der Waals surface area contributed by atoms with Crippen LogP contribution < -0.4 is 9.47 Å². The number of carbonyl (C=O) groups excluding carboxylic acids is 2. The van der Waals surface area contributed by atoms with E-state index in [1.54, 1.807) is 42.6 Å². The number of pyridine rings is 1. The third-order valence-electron chi connectivity index (χ3n) is 5.17. The van der Waals surface area contributed by atoms with Crippen molar-refractivity contribution >= 4 is 17.4 Å². The number of hydrogen-bond donors (Lipinski definition) is 1. The SMILES string of the molecule is CCCCCN1C(=O)C(=O)/C(=C(/O)c2cc(OC)ccc2OC)C1c1ccccn1. The van der Waals surface area contributed by atoms with Gasteiger partial charge in [-0.05, 0) is 36.8 Å². The molecule has 7 heteroatoms. The Kier molecular flexibility index (Phi) is 6.72. The monoisotopic (exact) mass is 410 g/mol. The third kappa shape index (κ3) is 4.01. The van der Waals surface area contributed by atoms with Crippen molar-refractivity contribution < 1.29 is 24.2 Å². The van der Waals surface area contributed by atoms with E-state index in [9.17, 15) is 14.7 Å². The van der Waals surface area contributed by atoms with Crippen LogP contribution >= 0.6 is 0 Å². The first-order chi connectivity index (χ1) is 14.5. The Bertz CT molecular complexity index is 955. The van der Waals surface area contributed by atoms with Gasteiger partial charge in [0.2, 0.25) is 0 Å². The van der Waals surface area contributed by atoms with Gasteiger partial charge in [0.15, 0.2) is 0 Å². The fourth-order valence-corrected chi connectivity index (χ4v) is 3.63. The van der Waals surface area contributed by atoms with E-state index in [2.05, 4.69) is 11.9 Å². The number of nitrogens with zero attached hydrogens (tertiary/aromatic N) is 2. The zero-order chi connectivity index (χ0) is 21.7. The van der Waals surface area contributed by atoms with E-state index >= 15 is 0 Å². The molecule has 0 bridgehead atoms. The first kappa shape index (κ1) is 21.4. The lowest BCUT2D eigenvalue weighted by molar-refractivity contribution is -0.140. The van der Waals surface area contributed by atoms with Crippen molar-refractivity contribution in [1.29, 1.82) is 0 Å². The number of aliphatic hydroxyl groups is 1. The largest absolute Gasteiger partial charge is 0.507 e. The van der Waals surface area contributed by atoms with E-state index in [1.807, 2.05) is 0 Å². The molecule has 1 aromatic carbocycles. The lowest BCUT2D eigenvalue weighted by Crippen LogP contribution is -2.31. The van der Waals surface area contributed by atoms with Gasteiger partial charge in [0.1, 0.15) is 23.3 Å². The maximum Gasteiger partial charge on any atom is 0.295 e. The highest BCUT2D eigenvalue weighted by atomic mass is 16.5. The molecule has 0 spiro atoms. The number of rotatable bonds is 8. The Morgan fingerprint density at radius 2 is 1.93 bits per heavy atom. The number of aliphatic hydroxyl groups excluding tert-OH is 1. The predicted molar refractivity (Wildman–Crippen MR) is 112 cm³/mol. The Labute approximate surface area is 175 Å². The van der Waals surface area contributed by atoms with Gasteiger partial charge in [-0.1, -0.05) is 25.8 Å².